The van der Waals surface area contributed by atoms with Gasteiger partial charge in [0.25, 0.3) is 0 Å². The Morgan fingerprint density at radius 1 is 1.44 bits per heavy atom. The van der Waals surface area contributed by atoms with Crippen molar-refractivity contribution in [2.24, 2.45) is 0 Å². The van der Waals surface area contributed by atoms with Crippen LogP contribution < -0.4 is 10.2 Å². The summed E-state index contributed by atoms with van der Waals surface area (Å²) in [4.78, 5) is 13.5. The van der Waals surface area contributed by atoms with Crippen LogP contribution in [0, 0.1) is 0 Å². The monoisotopic (exact) mass is 248 g/mol. The molecular weight excluding hydrogens is 228 g/mol. The second kappa shape index (κ2) is 5.87. The molecule has 4 nitrogen and oxygen atoms in total. The van der Waals surface area contributed by atoms with Gasteiger partial charge in [-0.1, -0.05) is 0 Å². The lowest BCUT2D eigenvalue weighted by molar-refractivity contribution is 0.0601. The highest BCUT2D eigenvalue weighted by atomic mass is 16.5. The maximum Gasteiger partial charge on any atom is 0.337 e. The molecule has 1 aromatic carbocycles. The summed E-state index contributed by atoms with van der Waals surface area (Å²) >= 11 is 0. The molecule has 1 N–H and O–H groups in total. The summed E-state index contributed by atoms with van der Waals surface area (Å²) in [6.45, 7) is 2.12. The average Bonchev–Trinajstić information content (AvgIpc) is 2.91. The van der Waals surface area contributed by atoms with E-state index < -0.39 is 0 Å². The highest BCUT2D eigenvalue weighted by Crippen LogP contribution is 2.16. The number of likely N-dealkylation sites (N-methyl/N-ethyl adjacent to an activating group) is 1. The summed E-state index contributed by atoms with van der Waals surface area (Å²) in [6, 6.07) is 8.11. The maximum atomic E-state index is 11.3. The molecule has 98 valence electrons. The number of carbonyl (C=O) groups is 1. The highest BCUT2D eigenvalue weighted by Gasteiger charge is 2.16. The van der Waals surface area contributed by atoms with E-state index in [0.717, 1.165) is 18.8 Å². The summed E-state index contributed by atoms with van der Waals surface area (Å²) in [6.07, 6.45) is 2.50. The van der Waals surface area contributed by atoms with Gasteiger partial charge in [0, 0.05) is 25.3 Å². The van der Waals surface area contributed by atoms with Gasteiger partial charge in [-0.15, -0.1) is 0 Å². The number of hydrogen-bond donors (Lipinski definition) is 1. The van der Waals surface area contributed by atoms with E-state index in [1.807, 2.05) is 12.1 Å². The number of anilines is 1. The lowest BCUT2D eigenvalue weighted by atomic mass is 10.1. The predicted octanol–water partition coefficient (Wildman–Crippen LogP) is 1.66. The Morgan fingerprint density at radius 2 is 2.17 bits per heavy atom. The van der Waals surface area contributed by atoms with Crippen molar-refractivity contribution in [3.63, 3.8) is 0 Å². The highest BCUT2D eigenvalue weighted by molar-refractivity contribution is 5.89. The van der Waals surface area contributed by atoms with Crippen molar-refractivity contribution in [1.82, 2.24) is 5.32 Å². The Kier molecular flexibility index (Phi) is 4.20. The van der Waals surface area contributed by atoms with Crippen LogP contribution in [0.25, 0.3) is 0 Å². The first-order valence-corrected chi connectivity index (χ1v) is 6.33. The third kappa shape index (κ3) is 3.01. The van der Waals surface area contributed by atoms with Crippen molar-refractivity contribution >= 4 is 11.7 Å². The van der Waals surface area contributed by atoms with Gasteiger partial charge in [0.15, 0.2) is 0 Å². The number of nitrogens with one attached hydrogen (secondary N) is 1. The molecule has 0 aliphatic carbocycles. The van der Waals surface area contributed by atoms with Gasteiger partial charge < -0.3 is 15.0 Å². The molecular formula is C14H20N2O2. The number of rotatable bonds is 4. The molecule has 4 heteroatoms. The van der Waals surface area contributed by atoms with Crippen molar-refractivity contribution < 1.29 is 9.53 Å². The molecule has 1 fully saturated rings. The van der Waals surface area contributed by atoms with E-state index in [1.165, 1.54) is 20.0 Å². The summed E-state index contributed by atoms with van der Waals surface area (Å²) in [5.74, 6) is -0.290. The largest absolute Gasteiger partial charge is 0.465 e. The van der Waals surface area contributed by atoms with Crippen LogP contribution in [-0.4, -0.2) is 39.3 Å². The molecule has 1 aliphatic rings. The molecule has 1 saturated heterocycles. The minimum Gasteiger partial charge on any atom is -0.465 e. The zero-order valence-corrected chi connectivity index (χ0v) is 11.0. The van der Waals surface area contributed by atoms with E-state index in [0.29, 0.717) is 11.6 Å². The first kappa shape index (κ1) is 12.9. The fourth-order valence-corrected chi connectivity index (χ4v) is 2.32. The number of ether oxygens (including phenoxy) is 1. The van der Waals surface area contributed by atoms with E-state index in [1.54, 1.807) is 12.1 Å². The Balaban J connectivity index is 1.97. The van der Waals surface area contributed by atoms with Gasteiger partial charge in [0.05, 0.1) is 12.7 Å². The molecule has 1 aromatic rings. The Hall–Kier alpha value is -1.55. The number of esters is 1. The smallest absolute Gasteiger partial charge is 0.337 e. The SMILES string of the molecule is COC(=O)c1ccc(N(C)CC2CCCN2)cc1. The standard InChI is InChI=1S/C14H20N2O2/c1-16(10-12-4-3-9-15-12)13-7-5-11(6-8-13)14(17)18-2/h5-8,12,15H,3-4,9-10H2,1-2H3. The molecule has 2 rings (SSSR count). The second-order valence-corrected chi connectivity index (χ2v) is 4.71. The lowest BCUT2D eigenvalue weighted by Gasteiger charge is -2.23. The van der Waals surface area contributed by atoms with Crippen LogP contribution in [-0.2, 0) is 4.74 Å². The first-order valence-electron chi connectivity index (χ1n) is 6.33. The van der Waals surface area contributed by atoms with Gasteiger partial charge in [-0.25, -0.2) is 4.79 Å². The van der Waals surface area contributed by atoms with E-state index >= 15 is 0 Å². The summed E-state index contributed by atoms with van der Waals surface area (Å²) in [7, 11) is 3.47. The van der Waals surface area contributed by atoms with Crippen molar-refractivity contribution in [3.05, 3.63) is 29.8 Å². The molecule has 1 unspecified atom stereocenters. The number of benzene rings is 1. The summed E-state index contributed by atoms with van der Waals surface area (Å²) < 4.78 is 4.68. The molecule has 0 aromatic heterocycles. The third-order valence-corrected chi connectivity index (χ3v) is 3.39. The first-order chi connectivity index (χ1) is 8.70. The molecule has 18 heavy (non-hydrogen) atoms. The van der Waals surface area contributed by atoms with Crippen LogP contribution >= 0.6 is 0 Å². The van der Waals surface area contributed by atoms with E-state index in [-0.39, 0.29) is 5.97 Å². The Bertz CT molecular complexity index is 397. The molecule has 0 bridgehead atoms. The zero-order chi connectivity index (χ0) is 13.0. The van der Waals surface area contributed by atoms with Crippen LogP contribution in [0.1, 0.15) is 23.2 Å². The van der Waals surface area contributed by atoms with Crippen molar-refractivity contribution in [2.45, 2.75) is 18.9 Å². The summed E-state index contributed by atoms with van der Waals surface area (Å²) in [5, 5.41) is 3.48. The normalized spacial score (nSPS) is 18.7. The van der Waals surface area contributed by atoms with Gasteiger partial charge >= 0.3 is 5.97 Å². The zero-order valence-electron chi connectivity index (χ0n) is 11.0. The van der Waals surface area contributed by atoms with Gasteiger partial charge in [0.1, 0.15) is 0 Å². The quantitative estimate of drug-likeness (QED) is 0.823. The molecule has 1 atom stereocenters. The van der Waals surface area contributed by atoms with Crippen LogP contribution in [0.2, 0.25) is 0 Å². The lowest BCUT2D eigenvalue weighted by Crippen LogP contribution is -2.35. The van der Waals surface area contributed by atoms with Crippen molar-refractivity contribution in [3.8, 4) is 0 Å². The number of hydrogen-bond acceptors (Lipinski definition) is 4. The van der Waals surface area contributed by atoms with Crippen molar-refractivity contribution in [1.29, 1.82) is 0 Å². The maximum absolute atomic E-state index is 11.3. The van der Waals surface area contributed by atoms with Gasteiger partial charge in [-0.2, -0.15) is 0 Å². The third-order valence-electron chi connectivity index (χ3n) is 3.39. The fourth-order valence-electron chi connectivity index (χ4n) is 2.32. The fraction of sp³-hybridized carbons (Fsp3) is 0.500. The van der Waals surface area contributed by atoms with Crippen LogP contribution in [0.5, 0.6) is 0 Å². The minimum absolute atomic E-state index is 0.290. The number of methoxy groups -OCH3 is 1. The minimum atomic E-state index is -0.290. The topological polar surface area (TPSA) is 41.6 Å². The second-order valence-electron chi connectivity index (χ2n) is 4.71. The van der Waals surface area contributed by atoms with E-state index in [9.17, 15) is 4.79 Å². The molecule has 0 spiro atoms. The van der Waals surface area contributed by atoms with Crippen LogP contribution in [0.15, 0.2) is 24.3 Å². The Labute approximate surface area is 108 Å². The van der Waals surface area contributed by atoms with Gasteiger partial charge in [0.2, 0.25) is 0 Å². The van der Waals surface area contributed by atoms with Crippen molar-refractivity contribution in [2.75, 3.05) is 32.1 Å². The Morgan fingerprint density at radius 3 is 2.72 bits per heavy atom. The predicted molar refractivity (Wildman–Crippen MR) is 72.1 cm³/mol. The van der Waals surface area contributed by atoms with Crippen LogP contribution in [0.3, 0.4) is 0 Å². The molecule has 1 heterocycles. The molecule has 0 saturated carbocycles. The molecule has 0 radical (unpaired) electrons. The molecule has 0 amide bonds. The van der Waals surface area contributed by atoms with E-state index in [2.05, 4.69) is 22.0 Å². The van der Waals surface area contributed by atoms with Gasteiger partial charge in [-0.3, -0.25) is 0 Å². The summed E-state index contributed by atoms with van der Waals surface area (Å²) in [5.41, 5.74) is 1.71. The van der Waals surface area contributed by atoms with Gasteiger partial charge in [-0.05, 0) is 43.7 Å². The molecule has 1 aliphatic heterocycles. The van der Waals surface area contributed by atoms with Crippen LogP contribution in [0.4, 0.5) is 5.69 Å². The van der Waals surface area contributed by atoms with E-state index in [4.69, 9.17) is 0 Å². The number of nitrogens with zero attached hydrogens (tertiary/aromatic N) is 1. The average molecular weight is 248 g/mol. The number of carbonyl (C=O) groups excluding carboxylic acids is 1.